The molecule has 22 nitrogen and oxygen atoms in total. The van der Waals surface area contributed by atoms with Crippen LogP contribution in [0.4, 0.5) is 13.2 Å². The second-order valence-electron chi connectivity index (χ2n) is 27.3. The molecule has 0 radical (unpaired) electrons. The van der Waals surface area contributed by atoms with E-state index in [1.807, 2.05) is 34.6 Å². The van der Waals surface area contributed by atoms with Crippen LogP contribution in [0, 0.1) is 47.9 Å². The van der Waals surface area contributed by atoms with Gasteiger partial charge in [-0.05, 0) is 121 Å². The van der Waals surface area contributed by atoms with Crippen LogP contribution < -0.4 is 21.3 Å². The van der Waals surface area contributed by atoms with Gasteiger partial charge in [0, 0.05) is 71.6 Å². The lowest BCUT2D eigenvalue weighted by Gasteiger charge is -2.44. The number of fused-ring (bicyclic) bond motifs is 1. The van der Waals surface area contributed by atoms with Crippen molar-refractivity contribution in [2.45, 2.75) is 229 Å². The Morgan fingerprint density at radius 2 is 1.24 bits per heavy atom. The van der Waals surface area contributed by atoms with Crippen LogP contribution >= 0.6 is 22.6 Å². The third-order valence-corrected chi connectivity index (χ3v) is 20.3. The summed E-state index contributed by atoms with van der Waals surface area (Å²) < 4.78 is 41.9. The molecule has 508 valence electrons. The highest BCUT2D eigenvalue weighted by atomic mass is 127. The van der Waals surface area contributed by atoms with E-state index < -0.39 is 156 Å². The van der Waals surface area contributed by atoms with Gasteiger partial charge in [0.1, 0.15) is 47.8 Å². The number of nitrogens with one attached hydrogen (secondary N) is 4. The topological polar surface area (TPSA) is 259 Å². The number of terminal acetylenes is 1. The van der Waals surface area contributed by atoms with Crippen LogP contribution in [0.25, 0.3) is 0 Å². The summed E-state index contributed by atoms with van der Waals surface area (Å²) in [7, 11) is 8.43. The lowest BCUT2D eigenvalue weighted by atomic mass is 9.78. The third-order valence-electron chi connectivity index (χ3n) is 19.1. The normalized spacial score (nSPS) is 30.3. The number of alkyl halides is 4. The van der Waals surface area contributed by atoms with Crippen LogP contribution in [0.5, 0.6) is 0 Å². The molecule has 2 heterocycles. The Kier molecular flexibility index (Phi) is 28.7. The number of likely N-dealkylation sites (N-methyl/N-ethyl adjacent to an activating group) is 6. The first-order valence-electron chi connectivity index (χ1n) is 32.1. The van der Waals surface area contributed by atoms with Gasteiger partial charge in [-0.2, -0.15) is 13.2 Å². The summed E-state index contributed by atoms with van der Waals surface area (Å²) in [4.78, 5) is 168. The number of hydrogen-bond donors (Lipinski definition) is 4. The van der Waals surface area contributed by atoms with Crippen molar-refractivity contribution in [2.75, 3.05) is 61.9 Å². The van der Waals surface area contributed by atoms with E-state index >= 15 is 0 Å². The van der Waals surface area contributed by atoms with Gasteiger partial charge in [0.15, 0.2) is 0 Å². The summed E-state index contributed by atoms with van der Waals surface area (Å²) in [6.45, 7) is 14.6. The summed E-state index contributed by atoms with van der Waals surface area (Å²) in [5.74, 6) is -7.54. The number of rotatable bonds is 11. The minimum absolute atomic E-state index is 0.0407. The molecule has 2 aliphatic carbocycles. The van der Waals surface area contributed by atoms with Crippen LogP contribution in [0.1, 0.15) is 165 Å². The highest BCUT2D eigenvalue weighted by Gasteiger charge is 2.47. The molecular formula is C64H103F3IN11O11. The zero-order chi connectivity index (χ0) is 68.0. The van der Waals surface area contributed by atoms with Gasteiger partial charge in [-0.1, -0.05) is 83.4 Å². The lowest BCUT2D eigenvalue weighted by molar-refractivity contribution is -0.184. The van der Waals surface area contributed by atoms with Crippen LogP contribution in [-0.2, 0) is 52.7 Å². The first-order chi connectivity index (χ1) is 41.9. The average molecular weight is 1390 g/mol. The molecule has 4 fully saturated rings. The molecule has 0 aromatic carbocycles. The van der Waals surface area contributed by atoms with Crippen molar-refractivity contribution in [3.05, 3.63) is 0 Å². The Hall–Kier alpha value is -5.75. The second kappa shape index (κ2) is 33.7. The van der Waals surface area contributed by atoms with Gasteiger partial charge in [-0.25, -0.2) is 0 Å². The fourth-order valence-corrected chi connectivity index (χ4v) is 13.6. The molecule has 0 aromatic rings. The highest BCUT2D eigenvalue weighted by Crippen LogP contribution is 2.41. The van der Waals surface area contributed by atoms with Crippen LogP contribution in [0.15, 0.2) is 0 Å². The Morgan fingerprint density at radius 3 is 1.79 bits per heavy atom. The molecule has 0 aromatic heterocycles. The zero-order valence-corrected chi connectivity index (χ0v) is 58.0. The fourth-order valence-electron chi connectivity index (χ4n) is 12.5. The molecule has 11 amide bonds. The Bertz CT molecular complexity index is 2610. The van der Waals surface area contributed by atoms with Crippen molar-refractivity contribution in [3.8, 4) is 12.3 Å². The van der Waals surface area contributed by atoms with Gasteiger partial charge in [0.2, 0.25) is 65.0 Å². The smallest absolute Gasteiger partial charge is 0.343 e. The van der Waals surface area contributed by atoms with E-state index in [4.69, 9.17) is 6.42 Å². The fraction of sp³-hybridized carbons (Fsp3) is 0.797. The lowest BCUT2D eigenvalue weighted by Crippen LogP contribution is -2.63. The molecule has 4 rings (SSSR count). The van der Waals surface area contributed by atoms with E-state index in [2.05, 4.69) is 49.8 Å². The Balaban J connectivity index is 1.81. The summed E-state index contributed by atoms with van der Waals surface area (Å²) in [6.07, 6.45) is 5.01. The SMILES string of the molecule is C#CC[C@@H]1NC(=O)[C@H](CC2CCCC(I)C2)NC(=O)CN(C)C(=O)[C@H](CC2CCC(C(F)(F)F)CC2)N(C)C(=O)[C@@H]2CCN2C(=O)CN(C)C(=O)[C@H]([C@@H](C)CC)NC(=O)[C@H](CC(C)C)N(C)C(=O)C[C@@H](C)N(C)C(=O)[C@H](CC(C)C)NC(=O)C(C)(C)N(C)C1=O. The highest BCUT2D eigenvalue weighted by molar-refractivity contribution is 14.1. The molecule has 2 unspecified atom stereocenters. The van der Waals surface area contributed by atoms with Gasteiger partial charge in [0.05, 0.1) is 19.0 Å². The summed E-state index contributed by atoms with van der Waals surface area (Å²) in [5.41, 5.74) is -1.68. The van der Waals surface area contributed by atoms with Crippen LogP contribution in [-0.4, -0.2) is 225 Å². The second-order valence-corrected chi connectivity index (χ2v) is 29.1. The minimum Gasteiger partial charge on any atom is -0.343 e. The summed E-state index contributed by atoms with van der Waals surface area (Å²) in [6, 6.07) is -9.23. The molecule has 0 bridgehead atoms. The molecule has 0 spiro atoms. The molecule has 4 aliphatic rings. The van der Waals surface area contributed by atoms with Crippen LogP contribution in [0.3, 0.4) is 0 Å². The average Bonchev–Trinajstić information content (AvgIpc) is 1.10. The van der Waals surface area contributed by atoms with E-state index in [1.165, 1.54) is 75.7 Å². The van der Waals surface area contributed by atoms with Crippen molar-refractivity contribution in [3.63, 3.8) is 0 Å². The van der Waals surface area contributed by atoms with E-state index in [1.54, 1.807) is 13.8 Å². The standard InChI is InChI=1S/C64H103F3IN11O11/c1-17-20-45-58(86)78(16)63(9,10)62(90)71-47(29-37(3)4)57(85)75(13)40(8)31-52(81)76(14)49(30-38(5)6)56(84)72-54(39(7)18-2)61(89)74(12)36-53(82)79-28-27-48(79)60(88)77(15)50(34-41-23-25-43(26-24-41)64(65,66)67)59(87)73(11)35-51(80)69-46(55(83)70-45)33-42-21-19-22-44(68)32-42/h1,37-50,54H,18-36H2,2-16H3,(H,69,80)(H,70,83)(H,71,90)(H,72,84)/t39-,40+,41?,42?,43?,44?,45-,46-,47-,48-,49-,50-,54-/m0/s1. The largest absolute Gasteiger partial charge is 0.391 e. The maximum absolute atomic E-state index is 14.8. The number of carbonyl (C=O) groups is 11. The van der Waals surface area contributed by atoms with E-state index in [-0.39, 0.29) is 98.9 Å². The predicted molar refractivity (Wildman–Crippen MR) is 342 cm³/mol. The van der Waals surface area contributed by atoms with Crippen molar-refractivity contribution in [2.24, 2.45) is 35.5 Å². The number of amides is 11. The van der Waals surface area contributed by atoms with Gasteiger partial charge < -0.3 is 55.6 Å². The van der Waals surface area contributed by atoms with Crippen molar-refractivity contribution >= 4 is 87.6 Å². The minimum atomic E-state index is -4.41. The predicted octanol–water partition coefficient (Wildman–Crippen LogP) is 4.89. The van der Waals surface area contributed by atoms with E-state index in [9.17, 15) is 65.9 Å². The van der Waals surface area contributed by atoms with E-state index in [0.717, 1.165) is 40.4 Å². The monoisotopic (exact) mass is 1390 g/mol. The van der Waals surface area contributed by atoms with Gasteiger partial charge >= 0.3 is 6.18 Å². The van der Waals surface area contributed by atoms with Gasteiger partial charge in [-0.3, -0.25) is 52.7 Å². The summed E-state index contributed by atoms with van der Waals surface area (Å²) >= 11 is 2.35. The quantitative estimate of drug-likeness (QED) is 0.123. The first-order valence-corrected chi connectivity index (χ1v) is 33.3. The number of carbonyl (C=O) groups excluding carboxylic acids is 11. The van der Waals surface area contributed by atoms with Crippen molar-refractivity contribution in [1.82, 2.24) is 55.6 Å². The third kappa shape index (κ3) is 20.6. The summed E-state index contributed by atoms with van der Waals surface area (Å²) in [5, 5.41) is 11.3. The zero-order valence-electron chi connectivity index (χ0n) is 55.8. The van der Waals surface area contributed by atoms with E-state index in [0.29, 0.717) is 6.42 Å². The molecular weight excluding hydrogens is 1280 g/mol. The molecule has 90 heavy (non-hydrogen) atoms. The van der Waals surface area contributed by atoms with Gasteiger partial charge in [0.25, 0.3) is 0 Å². The Morgan fingerprint density at radius 1 is 0.633 bits per heavy atom. The van der Waals surface area contributed by atoms with Gasteiger partial charge in [-0.15, -0.1) is 12.3 Å². The number of nitrogens with zero attached hydrogens (tertiary/aromatic N) is 7. The number of hydrogen-bond acceptors (Lipinski definition) is 11. The maximum Gasteiger partial charge on any atom is 0.391 e. The molecule has 26 heteroatoms. The first kappa shape index (κ1) is 76.7. The van der Waals surface area contributed by atoms with Crippen molar-refractivity contribution in [1.29, 1.82) is 0 Å². The molecule has 4 N–H and O–H groups in total. The number of halogens is 4. The molecule has 11 atom stereocenters. The maximum atomic E-state index is 14.8. The molecule has 2 saturated heterocycles. The van der Waals surface area contributed by atoms with Crippen molar-refractivity contribution < 1.29 is 65.9 Å². The van der Waals surface area contributed by atoms with Crippen LogP contribution in [0.2, 0.25) is 0 Å². The molecule has 2 saturated carbocycles. The molecule has 2 aliphatic heterocycles. The Labute approximate surface area is 545 Å².